The van der Waals surface area contributed by atoms with E-state index in [4.69, 9.17) is 4.74 Å². The van der Waals surface area contributed by atoms with E-state index in [2.05, 4.69) is 57.3 Å². The normalized spacial score (nSPS) is 12.6. The summed E-state index contributed by atoms with van der Waals surface area (Å²) in [5, 5.41) is 3.63. The quantitative estimate of drug-likeness (QED) is 0.442. The fraction of sp³-hybridized carbons (Fsp3) is 0.714. The minimum absolute atomic E-state index is 0.412. The minimum atomic E-state index is 0.412. The Morgan fingerprint density at radius 3 is 2.22 bits per heavy atom. The molecule has 0 aliphatic carbocycles. The molecule has 23 heavy (non-hydrogen) atoms. The highest BCUT2D eigenvalue weighted by Gasteiger charge is 2.05. The molecule has 132 valence electrons. The van der Waals surface area contributed by atoms with Crippen molar-refractivity contribution in [2.45, 2.75) is 78.7 Å². The summed E-state index contributed by atoms with van der Waals surface area (Å²) < 4.78 is 5.78. The smallest absolute Gasteiger partial charge is 0.119 e. The van der Waals surface area contributed by atoms with Crippen molar-refractivity contribution in [3.8, 4) is 5.75 Å². The molecular weight excluding hydrogens is 282 g/mol. The van der Waals surface area contributed by atoms with Crippen molar-refractivity contribution in [1.29, 1.82) is 0 Å². The van der Waals surface area contributed by atoms with Crippen molar-refractivity contribution < 1.29 is 4.74 Å². The van der Waals surface area contributed by atoms with E-state index in [0.29, 0.717) is 12.0 Å². The van der Waals surface area contributed by atoms with Crippen LogP contribution in [0.15, 0.2) is 24.3 Å². The van der Waals surface area contributed by atoms with Crippen LogP contribution in [0, 0.1) is 5.92 Å². The number of ether oxygens (including phenoxy) is 1. The summed E-state index contributed by atoms with van der Waals surface area (Å²) in [4.78, 5) is 0. The molecule has 0 saturated carbocycles. The van der Waals surface area contributed by atoms with Gasteiger partial charge in [-0.25, -0.2) is 0 Å². The molecule has 1 unspecified atom stereocenters. The van der Waals surface area contributed by atoms with Crippen molar-refractivity contribution in [2.24, 2.45) is 5.92 Å². The average molecular weight is 320 g/mol. The molecule has 1 atom stereocenters. The number of hydrogen-bond acceptors (Lipinski definition) is 2. The summed E-state index contributed by atoms with van der Waals surface area (Å²) in [6.07, 6.45) is 9.23. The first-order valence-corrected chi connectivity index (χ1v) is 9.59. The van der Waals surface area contributed by atoms with Gasteiger partial charge in [0.25, 0.3) is 0 Å². The fourth-order valence-electron chi connectivity index (χ4n) is 2.61. The Morgan fingerprint density at radius 2 is 1.57 bits per heavy atom. The number of rotatable bonds is 13. The van der Waals surface area contributed by atoms with Gasteiger partial charge in [-0.05, 0) is 49.9 Å². The van der Waals surface area contributed by atoms with E-state index in [1.54, 1.807) is 0 Å². The van der Waals surface area contributed by atoms with Gasteiger partial charge in [-0.2, -0.15) is 0 Å². The number of benzene rings is 1. The zero-order valence-corrected chi connectivity index (χ0v) is 15.7. The van der Waals surface area contributed by atoms with Crippen LogP contribution in [0.3, 0.4) is 0 Å². The summed E-state index contributed by atoms with van der Waals surface area (Å²) in [5.74, 6) is 1.68. The summed E-state index contributed by atoms with van der Waals surface area (Å²) in [6.45, 7) is 10.9. The highest BCUT2D eigenvalue weighted by molar-refractivity contribution is 5.28. The van der Waals surface area contributed by atoms with Gasteiger partial charge in [-0.15, -0.1) is 0 Å². The topological polar surface area (TPSA) is 21.3 Å². The van der Waals surface area contributed by atoms with Gasteiger partial charge < -0.3 is 10.1 Å². The van der Waals surface area contributed by atoms with Gasteiger partial charge in [0.1, 0.15) is 5.75 Å². The molecule has 0 fully saturated rings. The first-order chi connectivity index (χ1) is 11.1. The largest absolute Gasteiger partial charge is 0.494 e. The standard InChI is InChI=1S/C21H37NO/c1-5-6-7-8-9-10-16-22-19(4)20-11-13-21(14-12-20)23-17-15-18(2)3/h11-14,18-19,22H,5-10,15-17H2,1-4H3. The predicted octanol–water partition coefficient (Wildman–Crippen LogP) is 6.12. The lowest BCUT2D eigenvalue weighted by Gasteiger charge is -2.15. The second kappa shape index (κ2) is 12.4. The Kier molecular flexibility index (Phi) is 10.8. The molecule has 0 aliphatic heterocycles. The Hall–Kier alpha value is -1.02. The van der Waals surface area contributed by atoms with Gasteiger partial charge in [-0.3, -0.25) is 0 Å². The van der Waals surface area contributed by atoms with Crippen molar-refractivity contribution in [3.63, 3.8) is 0 Å². The van der Waals surface area contributed by atoms with Crippen molar-refractivity contribution in [2.75, 3.05) is 13.2 Å². The van der Waals surface area contributed by atoms with Crippen LogP contribution < -0.4 is 10.1 Å². The van der Waals surface area contributed by atoms with Gasteiger partial charge in [-0.1, -0.05) is 65.0 Å². The van der Waals surface area contributed by atoms with Crippen molar-refractivity contribution >= 4 is 0 Å². The van der Waals surface area contributed by atoms with Crippen LogP contribution in [-0.4, -0.2) is 13.2 Å². The zero-order valence-electron chi connectivity index (χ0n) is 15.7. The molecule has 0 heterocycles. The maximum absolute atomic E-state index is 5.78. The summed E-state index contributed by atoms with van der Waals surface area (Å²) in [6, 6.07) is 8.97. The van der Waals surface area contributed by atoms with E-state index in [-0.39, 0.29) is 0 Å². The third-order valence-corrected chi connectivity index (χ3v) is 4.32. The van der Waals surface area contributed by atoms with E-state index in [1.807, 2.05) is 0 Å². The van der Waals surface area contributed by atoms with Gasteiger partial charge in [0, 0.05) is 6.04 Å². The Morgan fingerprint density at radius 1 is 0.913 bits per heavy atom. The molecule has 1 N–H and O–H groups in total. The summed E-state index contributed by atoms with van der Waals surface area (Å²) in [5.41, 5.74) is 1.34. The summed E-state index contributed by atoms with van der Waals surface area (Å²) >= 11 is 0. The number of nitrogens with one attached hydrogen (secondary N) is 1. The van der Waals surface area contributed by atoms with E-state index < -0.39 is 0 Å². The van der Waals surface area contributed by atoms with Crippen LogP contribution in [0.25, 0.3) is 0 Å². The van der Waals surface area contributed by atoms with Crippen LogP contribution in [-0.2, 0) is 0 Å². The van der Waals surface area contributed by atoms with Crippen LogP contribution >= 0.6 is 0 Å². The molecule has 0 saturated heterocycles. The molecule has 0 spiro atoms. The van der Waals surface area contributed by atoms with Crippen molar-refractivity contribution in [1.82, 2.24) is 5.32 Å². The minimum Gasteiger partial charge on any atom is -0.494 e. The maximum atomic E-state index is 5.78. The first kappa shape index (κ1) is 20.0. The Balaban J connectivity index is 2.19. The Bertz CT molecular complexity index is 385. The lowest BCUT2D eigenvalue weighted by atomic mass is 10.1. The van der Waals surface area contributed by atoms with Crippen LogP contribution in [0.4, 0.5) is 0 Å². The van der Waals surface area contributed by atoms with E-state index >= 15 is 0 Å². The third-order valence-electron chi connectivity index (χ3n) is 4.32. The van der Waals surface area contributed by atoms with Crippen molar-refractivity contribution in [3.05, 3.63) is 29.8 Å². The monoisotopic (exact) mass is 319 g/mol. The van der Waals surface area contributed by atoms with E-state index in [0.717, 1.165) is 25.3 Å². The fourth-order valence-corrected chi connectivity index (χ4v) is 2.61. The second-order valence-electron chi connectivity index (χ2n) is 7.04. The van der Waals surface area contributed by atoms with Gasteiger partial charge in [0.05, 0.1) is 6.61 Å². The molecule has 2 heteroatoms. The molecule has 2 nitrogen and oxygen atoms in total. The number of hydrogen-bond donors (Lipinski definition) is 1. The predicted molar refractivity (Wildman–Crippen MR) is 101 cm³/mol. The lowest BCUT2D eigenvalue weighted by molar-refractivity contribution is 0.289. The molecule has 0 bridgehead atoms. The first-order valence-electron chi connectivity index (χ1n) is 9.59. The molecule has 0 radical (unpaired) electrons. The average Bonchev–Trinajstić information content (AvgIpc) is 2.54. The van der Waals surface area contributed by atoms with Crippen LogP contribution in [0.2, 0.25) is 0 Å². The molecule has 0 aromatic heterocycles. The zero-order chi connectivity index (χ0) is 16.9. The van der Waals surface area contributed by atoms with Gasteiger partial charge in [0.2, 0.25) is 0 Å². The second-order valence-corrected chi connectivity index (χ2v) is 7.04. The Labute approximate surface area is 144 Å². The van der Waals surface area contributed by atoms with Gasteiger partial charge >= 0.3 is 0 Å². The maximum Gasteiger partial charge on any atom is 0.119 e. The molecule has 1 rings (SSSR count). The van der Waals surface area contributed by atoms with E-state index in [1.165, 1.54) is 44.1 Å². The van der Waals surface area contributed by atoms with Crippen LogP contribution in [0.1, 0.15) is 84.2 Å². The molecule has 0 aliphatic rings. The highest BCUT2D eigenvalue weighted by atomic mass is 16.5. The van der Waals surface area contributed by atoms with Crippen LogP contribution in [0.5, 0.6) is 5.75 Å². The summed E-state index contributed by atoms with van der Waals surface area (Å²) in [7, 11) is 0. The number of unbranched alkanes of at least 4 members (excludes halogenated alkanes) is 5. The molecular formula is C21H37NO. The van der Waals surface area contributed by atoms with Gasteiger partial charge in [0.15, 0.2) is 0 Å². The van der Waals surface area contributed by atoms with E-state index in [9.17, 15) is 0 Å². The molecule has 1 aromatic rings. The third kappa shape index (κ3) is 9.65. The lowest BCUT2D eigenvalue weighted by Crippen LogP contribution is -2.19. The highest BCUT2D eigenvalue weighted by Crippen LogP contribution is 2.18. The SMILES string of the molecule is CCCCCCCCNC(C)c1ccc(OCCC(C)C)cc1. The molecule has 0 amide bonds. The molecule has 1 aromatic carbocycles.